The maximum absolute atomic E-state index is 11.8. The van der Waals surface area contributed by atoms with E-state index in [-0.39, 0.29) is 18.2 Å². The fraction of sp³-hybridized carbons (Fsp3) is 0.733. The van der Waals surface area contributed by atoms with Crippen molar-refractivity contribution in [3.8, 4) is 0 Å². The minimum atomic E-state index is -0.703. The van der Waals surface area contributed by atoms with Gasteiger partial charge in [-0.1, -0.05) is 0 Å². The Labute approximate surface area is 136 Å². The quantitative estimate of drug-likeness (QED) is 0.628. The molecule has 3 unspecified atom stereocenters. The van der Waals surface area contributed by atoms with Crippen LogP contribution in [0.2, 0.25) is 0 Å². The standard InChI is InChI=1S/C15H27N5O3/c1-9(2)19-14-18-6-5-10(13(17)21)20(14)8-12-11(7-16)22-15(3,4)23-12/h5-6,9-12H,7-8,16H2,1-4H3,(H2,17,21)(H,18,19). The first kappa shape index (κ1) is 17.7. The van der Waals surface area contributed by atoms with Crippen LogP contribution in [-0.4, -0.2) is 59.9 Å². The normalized spacial score (nSPS) is 29.7. The highest BCUT2D eigenvalue weighted by atomic mass is 16.8. The van der Waals surface area contributed by atoms with Crippen LogP contribution in [0, 0.1) is 0 Å². The largest absolute Gasteiger partial charge is 0.368 e. The van der Waals surface area contributed by atoms with Gasteiger partial charge >= 0.3 is 0 Å². The van der Waals surface area contributed by atoms with Crippen molar-refractivity contribution < 1.29 is 14.3 Å². The molecule has 0 aromatic heterocycles. The molecule has 8 heteroatoms. The van der Waals surface area contributed by atoms with Crippen LogP contribution in [0.1, 0.15) is 27.7 Å². The van der Waals surface area contributed by atoms with E-state index in [9.17, 15) is 4.79 Å². The number of nitrogens with one attached hydrogen (secondary N) is 1. The molecule has 1 amide bonds. The number of rotatable bonds is 5. The van der Waals surface area contributed by atoms with E-state index < -0.39 is 17.7 Å². The number of nitrogens with two attached hydrogens (primary N) is 2. The van der Waals surface area contributed by atoms with E-state index in [4.69, 9.17) is 20.9 Å². The molecule has 2 aliphatic heterocycles. The van der Waals surface area contributed by atoms with Crippen LogP contribution in [0.5, 0.6) is 0 Å². The second-order valence-electron chi connectivity index (χ2n) is 6.54. The maximum Gasteiger partial charge on any atom is 0.244 e. The molecule has 23 heavy (non-hydrogen) atoms. The number of ether oxygens (including phenoxy) is 2. The first-order valence-corrected chi connectivity index (χ1v) is 7.86. The predicted octanol–water partition coefficient (Wildman–Crippen LogP) is -0.498. The lowest BCUT2D eigenvalue weighted by atomic mass is 10.1. The van der Waals surface area contributed by atoms with Gasteiger partial charge in [-0.15, -0.1) is 0 Å². The fourth-order valence-electron chi connectivity index (χ4n) is 2.79. The zero-order valence-electron chi connectivity index (χ0n) is 14.2. The Morgan fingerprint density at radius 2 is 2.09 bits per heavy atom. The topological polar surface area (TPSA) is 115 Å². The highest BCUT2D eigenvalue weighted by Gasteiger charge is 2.43. The van der Waals surface area contributed by atoms with E-state index in [0.29, 0.717) is 19.0 Å². The number of hydrogen-bond donors (Lipinski definition) is 3. The SMILES string of the molecule is CC(C)NC1=NC=CC(C(N)=O)N1CC1OC(C)(C)OC1CN. The molecule has 0 bridgehead atoms. The molecule has 1 saturated heterocycles. The number of carbonyl (C=O) groups is 1. The molecular weight excluding hydrogens is 298 g/mol. The maximum atomic E-state index is 11.8. The van der Waals surface area contributed by atoms with E-state index in [1.54, 1.807) is 17.2 Å². The monoisotopic (exact) mass is 325 g/mol. The Morgan fingerprint density at radius 1 is 1.43 bits per heavy atom. The molecule has 8 nitrogen and oxygen atoms in total. The van der Waals surface area contributed by atoms with Crippen LogP contribution in [0.4, 0.5) is 0 Å². The van der Waals surface area contributed by atoms with Gasteiger partial charge in [0.25, 0.3) is 0 Å². The van der Waals surface area contributed by atoms with Gasteiger partial charge in [-0.2, -0.15) is 0 Å². The van der Waals surface area contributed by atoms with Gasteiger partial charge in [-0.05, 0) is 33.8 Å². The molecule has 5 N–H and O–H groups in total. The Hall–Kier alpha value is -1.64. The van der Waals surface area contributed by atoms with Crippen molar-refractivity contribution in [2.24, 2.45) is 16.5 Å². The number of amides is 1. The number of guanidine groups is 1. The van der Waals surface area contributed by atoms with Gasteiger partial charge in [0, 0.05) is 18.8 Å². The summed E-state index contributed by atoms with van der Waals surface area (Å²) in [6.45, 7) is 8.43. The third-order valence-corrected chi connectivity index (χ3v) is 3.68. The Bertz CT molecular complexity index is 503. The molecule has 2 aliphatic rings. The molecule has 0 aromatic rings. The third kappa shape index (κ3) is 4.21. The van der Waals surface area contributed by atoms with Gasteiger partial charge in [0.15, 0.2) is 11.7 Å². The summed E-state index contributed by atoms with van der Waals surface area (Å²) in [7, 11) is 0. The molecule has 0 aliphatic carbocycles. The summed E-state index contributed by atoms with van der Waals surface area (Å²) in [5, 5.41) is 3.23. The van der Waals surface area contributed by atoms with Crippen molar-refractivity contribution in [2.75, 3.05) is 13.1 Å². The van der Waals surface area contributed by atoms with E-state index in [2.05, 4.69) is 10.3 Å². The number of primary amides is 1. The summed E-state index contributed by atoms with van der Waals surface area (Å²) in [4.78, 5) is 17.9. The second kappa shape index (κ2) is 6.86. The number of carbonyl (C=O) groups excluding carboxylic acids is 1. The third-order valence-electron chi connectivity index (χ3n) is 3.68. The van der Waals surface area contributed by atoms with Crippen molar-refractivity contribution in [2.45, 2.75) is 57.8 Å². The summed E-state index contributed by atoms with van der Waals surface area (Å²) < 4.78 is 11.7. The summed E-state index contributed by atoms with van der Waals surface area (Å²) in [6, 6.07) is -0.418. The molecule has 0 saturated carbocycles. The van der Waals surface area contributed by atoms with Crippen LogP contribution >= 0.6 is 0 Å². The predicted molar refractivity (Wildman–Crippen MR) is 87.4 cm³/mol. The number of aliphatic imine (C=N–C) groups is 1. The molecular formula is C15H27N5O3. The van der Waals surface area contributed by atoms with Crippen molar-refractivity contribution >= 4 is 11.9 Å². The smallest absolute Gasteiger partial charge is 0.244 e. The molecule has 3 atom stereocenters. The van der Waals surface area contributed by atoms with Gasteiger partial charge in [0.1, 0.15) is 18.2 Å². The lowest BCUT2D eigenvalue weighted by Crippen LogP contribution is -2.57. The van der Waals surface area contributed by atoms with Crippen molar-refractivity contribution in [3.05, 3.63) is 12.3 Å². The van der Waals surface area contributed by atoms with E-state index in [0.717, 1.165) is 0 Å². The van der Waals surface area contributed by atoms with Gasteiger partial charge in [0.05, 0.1) is 6.54 Å². The summed E-state index contributed by atoms with van der Waals surface area (Å²) in [6.07, 6.45) is 2.74. The number of nitrogens with zero attached hydrogens (tertiary/aromatic N) is 2. The fourth-order valence-corrected chi connectivity index (χ4v) is 2.79. The minimum absolute atomic E-state index is 0.166. The molecule has 2 rings (SSSR count). The highest BCUT2D eigenvalue weighted by molar-refractivity contribution is 5.91. The first-order chi connectivity index (χ1) is 10.7. The molecule has 0 aromatic carbocycles. The van der Waals surface area contributed by atoms with Gasteiger partial charge in [-0.25, -0.2) is 4.99 Å². The zero-order valence-corrected chi connectivity index (χ0v) is 14.2. The molecule has 0 radical (unpaired) electrons. The van der Waals surface area contributed by atoms with Crippen molar-refractivity contribution in [1.82, 2.24) is 10.2 Å². The van der Waals surface area contributed by atoms with Crippen molar-refractivity contribution in [1.29, 1.82) is 0 Å². The first-order valence-electron chi connectivity index (χ1n) is 7.86. The average molecular weight is 325 g/mol. The van der Waals surface area contributed by atoms with Crippen LogP contribution in [0.15, 0.2) is 17.3 Å². The molecule has 2 heterocycles. The van der Waals surface area contributed by atoms with E-state index >= 15 is 0 Å². The van der Waals surface area contributed by atoms with Crippen LogP contribution in [-0.2, 0) is 14.3 Å². The van der Waals surface area contributed by atoms with Crippen molar-refractivity contribution in [3.63, 3.8) is 0 Å². The Kier molecular flexibility index (Phi) is 5.28. The number of hydrogen-bond acceptors (Lipinski definition) is 7. The molecule has 1 fully saturated rings. The van der Waals surface area contributed by atoms with Gasteiger partial charge in [-0.3, -0.25) is 4.79 Å². The Balaban J connectivity index is 2.19. The summed E-state index contributed by atoms with van der Waals surface area (Å²) in [5.74, 6) is -0.553. The Morgan fingerprint density at radius 3 is 2.65 bits per heavy atom. The average Bonchev–Trinajstić information content (AvgIpc) is 2.74. The lowest BCUT2D eigenvalue weighted by Gasteiger charge is -2.35. The molecule has 0 spiro atoms. The highest BCUT2D eigenvalue weighted by Crippen LogP contribution is 2.29. The van der Waals surface area contributed by atoms with E-state index in [1.165, 1.54) is 0 Å². The van der Waals surface area contributed by atoms with Crippen LogP contribution < -0.4 is 16.8 Å². The van der Waals surface area contributed by atoms with Gasteiger partial charge in [0.2, 0.25) is 5.91 Å². The van der Waals surface area contributed by atoms with Crippen LogP contribution in [0.3, 0.4) is 0 Å². The minimum Gasteiger partial charge on any atom is -0.368 e. The molecule has 130 valence electrons. The summed E-state index contributed by atoms with van der Waals surface area (Å²) >= 11 is 0. The van der Waals surface area contributed by atoms with Crippen LogP contribution in [0.25, 0.3) is 0 Å². The van der Waals surface area contributed by atoms with Gasteiger partial charge < -0.3 is 31.2 Å². The zero-order chi connectivity index (χ0) is 17.2. The second-order valence-corrected chi connectivity index (χ2v) is 6.54. The van der Waals surface area contributed by atoms with E-state index in [1.807, 2.05) is 27.7 Å². The lowest BCUT2D eigenvalue weighted by molar-refractivity contribution is -0.146. The summed E-state index contributed by atoms with van der Waals surface area (Å²) in [5.41, 5.74) is 11.3.